The molecule has 0 aliphatic carbocycles. The molecule has 0 spiro atoms. The van der Waals surface area contributed by atoms with Gasteiger partial charge in [0.05, 0.1) is 0 Å². The molecule has 0 saturated heterocycles. The van der Waals surface area contributed by atoms with Crippen LogP contribution >= 0.6 is 0 Å². The highest BCUT2D eigenvalue weighted by Gasteiger charge is 2.19. The Bertz CT molecular complexity index is 566. The number of hydrogen-bond acceptors (Lipinski definition) is 3. The van der Waals surface area contributed by atoms with Crippen LogP contribution in [0, 0.1) is 12.3 Å². The van der Waals surface area contributed by atoms with E-state index in [2.05, 4.69) is 10.6 Å². The van der Waals surface area contributed by atoms with Gasteiger partial charge >= 0.3 is 5.97 Å². The summed E-state index contributed by atoms with van der Waals surface area (Å²) in [6, 6.07) is 1.10. The topological polar surface area (TPSA) is 88.4 Å². The molecule has 1 aromatic heterocycles. The molecule has 0 aliphatic rings. The van der Waals surface area contributed by atoms with Crippen LogP contribution in [-0.4, -0.2) is 30.6 Å². The van der Waals surface area contributed by atoms with Crippen LogP contribution in [0.15, 0.2) is 17.2 Å². The highest BCUT2D eigenvalue weighted by Crippen LogP contribution is 2.13. The molecule has 0 aromatic carbocycles. The number of carboxylic acid groups (broad SMARTS) is 1. The third-order valence-electron chi connectivity index (χ3n) is 2.07. The second-order valence-corrected chi connectivity index (χ2v) is 5.10. The average molecular weight is 256 g/mol. The fourth-order valence-electron chi connectivity index (χ4n) is 1.23. The molecule has 0 saturated carbocycles. The maximum atomic E-state index is 11.7. The first-order chi connectivity index (χ1) is 7.88. The average Bonchev–Trinajstić information content (AvgIpc) is 2.61. The third-order valence-corrected chi connectivity index (χ3v) is 3.50. The monoisotopic (exact) mass is 256 g/mol. The summed E-state index contributed by atoms with van der Waals surface area (Å²) in [5.41, 5.74) is -0.0951. The summed E-state index contributed by atoms with van der Waals surface area (Å²) in [6.45, 7) is 0.121. The maximum Gasteiger partial charge on any atom is 0.352 e. The minimum absolute atomic E-state index is 0.0885. The minimum atomic E-state index is -3.70. The van der Waals surface area contributed by atoms with E-state index in [1.165, 1.54) is 17.8 Å². The van der Waals surface area contributed by atoms with E-state index in [0.29, 0.717) is 0 Å². The number of hydrogen-bond donors (Lipinski definition) is 2. The predicted molar refractivity (Wildman–Crippen MR) is 61.0 cm³/mol. The molecule has 6 nitrogen and oxygen atoms in total. The van der Waals surface area contributed by atoms with Crippen molar-refractivity contribution < 1.29 is 18.3 Å². The van der Waals surface area contributed by atoms with Crippen molar-refractivity contribution in [2.24, 2.45) is 7.05 Å². The molecule has 0 unspecified atom stereocenters. The van der Waals surface area contributed by atoms with Crippen molar-refractivity contribution in [3.63, 3.8) is 0 Å². The van der Waals surface area contributed by atoms with Crippen molar-refractivity contribution in [3.8, 4) is 12.3 Å². The van der Waals surface area contributed by atoms with E-state index in [0.717, 1.165) is 6.07 Å². The number of nitrogens with one attached hydrogen (secondary N) is 1. The lowest BCUT2D eigenvalue weighted by Gasteiger charge is -2.01. The van der Waals surface area contributed by atoms with Gasteiger partial charge < -0.3 is 9.67 Å². The number of aryl methyl sites for hydroxylation is 1. The number of sulfonamides is 1. The third kappa shape index (κ3) is 3.09. The molecule has 7 heteroatoms. The SMILES string of the molecule is C#CCCNS(=O)(=O)c1cc(C(=O)O)n(C)c1. The van der Waals surface area contributed by atoms with E-state index in [1.54, 1.807) is 0 Å². The quantitative estimate of drug-likeness (QED) is 0.574. The summed E-state index contributed by atoms with van der Waals surface area (Å²) < 4.78 is 26.9. The maximum absolute atomic E-state index is 11.7. The van der Waals surface area contributed by atoms with Gasteiger partial charge in [0.1, 0.15) is 10.6 Å². The molecule has 0 bridgehead atoms. The molecule has 0 fully saturated rings. The predicted octanol–water partition coefficient (Wildman–Crippen LogP) is 0.0249. The highest BCUT2D eigenvalue weighted by molar-refractivity contribution is 7.89. The Kier molecular flexibility index (Phi) is 3.93. The molecular weight excluding hydrogens is 244 g/mol. The molecule has 1 rings (SSSR count). The van der Waals surface area contributed by atoms with E-state index in [-0.39, 0.29) is 23.6 Å². The molecule has 0 atom stereocenters. The Balaban J connectivity index is 2.97. The van der Waals surface area contributed by atoms with Gasteiger partial charge in [-0.05, 0) is 6.07 Å². The molecule has 1 aromatic rings. The van der Waals surface area contributed by atoms with E-state index >= 15 is 0 Å². The lowest BCUT2D eigenvalue weighted by molar-refractivity contribution is 0.0686. The number of aromatic carboxylic acids is 1. The summed E-state index contributed by atoms with van der Waals surface area (Å²) in [5, 5.41) is 8.80. The largest absolute Gasteiger partial charge is 0.477 e. The first kappa shape index (κ1) is 13.3. The number of terminal acetylenes is 1. The Morgan fingerprint density at radius 3 is 2.76 bits per heavy atom. The van der Waals surface area contributed by atoms with Crippen molar-refractivity contribution in [2.75, 3.05) is 6.54 Å². The van der Waals surface area contributed by atoms with Crippen LogP contribution < -0.4 is 4.72 Å². The van der Waals surface area contributed by atoms with Gasteiger partial charge in [0.15, 0.2) is 0 Å². The lowest BCUT2D eigenvalue weighted by atomic mass is 10.4. The summed E-state index contributed by atoms with van der Waals surface area (Å²) in [7, 11) is -2.24. The number of carbonyl (C=O) groups is 1. The standard InChI is InChI=1S/C10H12N2O4S/c1-3-4-5-11-17(15,16)8-6-9(10(13)14)12(2)7-8/h1,6-7,11H,4-5H2,2H3,(H,13,14). The smallest absolute Gasteiger partial charge is 0.352 e. The van der Waals surface area contributed by atoms with Gasteiger partial charge in [0, 0.05) is 26.2 Å². The van der Waals surface area contributed by atoms with Crippen molar-refractivity contribution in [3.05, 3.63) is 18.0 Å². The fraction of sp³-hybridized carbons (Fsp3) is 0.300. The Morgan fingerprint density at radius 1 is 1.65 bits per heavy atom. The molecule has 17 heavy (non-hydrogen) atoms. The van der Waals surface area contributed by atoms with E-state index in [1.807, 2.05) is 0 Å². The van der Waals surface area contributed by atoms with Crippen molar-refractivity contribution in [1.82, 2.24) is 9.29 Å². The van der Waals surface area contributed by atoms with E-state index < -0.39 is 16.0 Å². The molecule has 92 valence electrons. The zero-order valence-electron chi connectivity index (χ0n) is 9.17. The van der Waals surface area contributed by atoms with Crippen molar-refractivity contribution in [2.45, 2.75) is 11.3 Å². The van der Waals surface area contributed by atoms with Gasteiger partial charge in [0.25, 0.3) is 0 Å². The van der Waals surface area contributed by atoms with Crippen LogP contribution in [0.1, 0.15) is 16.9 Å². The van der Waals surface area contributed by atoms with Crippen LogP contribution in [0.5, 0.6) is 0 Å². The molecule has 2 N–H and O–H groups in total. The van der Waals surface area contributed by atoms with E-state index in [9.17, 15) is 13.2 Å². The van der Waals surface area contributed by atoms with Crippen LogP contribution in [0.4, 0.5) is 0 Å². The van der Waals surface area contributed by atoms with Gasteiger partial charge in [-0.15, -0.1) is 12.3 Å². The van der Waals surface area contributed by atoms with Crippen LogP contribution in [0.3, 0.4) is 0 Å². The zero-order chi connectivity index (χ0) is 13.1. The molecular formula is C10H12N2O4S. The summed E-state index contributed by atoms with van der Waals surface area (Å²) in [5.74, 6) is 1.12. The van der Waals surface area contributed by atoms with E-state index in [4.69, 9.17) is 11.5 Å². The molecule has 1 heterocycles. The second-order valence-electron chi connectivity index (χ2n) is 3.33. The number of rotatable bonds is 5. The van der Waals surface area contributed by atoms with Gasteiger partial charge in [-0.2, -0.15) is 0 Å². The summed E-state index contributed by atoms with van der Waals surface area (Å²) >= 11 is 0. The van der Waals surface area contributed by atoms with Crippen LogP contribution in [-0.2, 0) is 17.1 Å². The Labute approximate surface area is 99.3 Å². The van der Waals surface area contributed by atoms with Crippen molar-refractivity contribution >= 4 is 16.0 Å². The van der Waals surface area contributed by atoms with Gasteiger partial charge in [-0.1, -0.05) is 0 Å². The van der Waals surface area contributed by atoms with Crippen LogP contribution in [0.2, 0.25) is 0 Å². The number of aromatic nitrogens is 1. The first-order valence-corrected chi connectivity index (χ1v) is 6.19. The number of carboxylic acids is 1. The highest BCUT2D eigenvalue weighted by atomic mass is 32.2. The van der Waals surface area contributed by atoms with Gasteiger partial charge in [-0.25, -0.2) is 17.9 Å². The minimum Gasteiger partial charge on any atom is -0.477 e. The van der Waals surface area contributed by atoms with Crippen LogP contribution in [0.25, 0.3) is 0 Å². The lowest BCUT2D eigenvalue weighted by Crippen LogP contribution is -2.24. The fourth-order valence-corrected chi connectivity index (χ4v) is 2.34. The molecule has 0 amide bonds. The first-order valence-electron chi connectivity index (χ1n) is 4.71. The van der Waals surface area contributed by atoms with Gasteiger partial charge in [0.2, 0.25) is 10.0 Å². The Hall–Kier alpha value is -1.78. The summed E-state index contributed by atoms with van der Waals surface area (Å²) in [4.78, 5) is 10.7. The molecule has 0 radical (unpaired) electrons. The zero-order valence-corrected chi connectivity index (χ0v) is 9.99. The normalized spacial score (nSPS) is 11.1. The Morgan fingerprint density at radius 2 is 2.29 bits per heavy atom. The second kappa shape index (κ2) is 5.03. The molecule has 0 aliphatic heterocycles. The van der Waals surface area contributed by atoms with Gasteiger partial charge in [-0.3, -0.25) is 0 Å². The summed E-state index contributed by atoms with van der Waals surface area (Å²) in [6.07, 6.45) is 6.51. The van der Waals surface area contributed by atoms with Crippen molar-refractivity contribution in [1.29, 1.82) is 0 Å². The number of nitrogens with zero attached hydrogens (tertiary/aromatic N) is 1.